The number of methoxy groups -OCH3 is 1. The van der Waals surface area contributed by atoms with Crippen LogP contribution in [0.1, 0.15) is 33.6 Å². The van der Waals surface area contributed by atoms with E-state index in [1.165, 1.54) is 0 Å². The fourth-order valence-electron chi connectivity index (χ4n) is 2.97. The lowest BCUT2D eigenvalue weighted by Gasteiger charge is -2.14. The molecule has 0 spiro atoms. The second-order valence-electron chi connectivity index (χ2n) is 6.23. The highest BCUT2D eigenvalue weighted by Crippen LogP contribution is 2.18. The van der Waals surface area contributed by atoms with Crippen molar-refractivity contribution < 1.29 is 14.3 Å². The van der Waals surface area contributed by atoms with Crippen molar-refractivity contribution in [2.45, 2.75) is 18.9 Å². The zero-order chi connectivity index (χ0) is 18.4. The van der Waals surface area contributed by atoms with Crippen molar-refractivity contribution >= 4 is 29.9 Å². The number of hydrogen-bond acceptors (Lipinski definition) is 4. The average Bonchev–Trinajstić information content (AvgIpc) is 3.20. The Kier molecular flexibility index (Phi) is 7.64. The maximum Gasteiger partial charge on any atom is 0.255 e. The minimum absolute atomic E-state index is 0. The molecule has 6 nitrogen and oxygen atoms in total. The standard InChI is InChI=1S/C20H23N3O3.ClH/c1-26-16-10-8-14(9-11-16)19(24)23-18-7-3-2-6-17(18)20(25)22-13-15-5-4-12-21-15;/h2-3,6-11,15,21H,4-5,12-13H2,1H3,(H,22,25)(H,23,24);1H. The Morgan fingerprint density at radius 2 is 1.85 bits per heavy atom. The Balaban J connectivity index is 0.00000261. The van der Waals surface area contributed by atoms with E-state index in [1.54, 1.807) is 55.6 Å². The number of carbonyl (C=O) groups excluding carboxylic acids is 2. The van der Waals surface area contributed by atoms with Crippen molar-refractivity contribution in [2.24, 2.45) is 0 Å². The summed E-state index contributed by atoms with van der Waals surface area (Å²) >= 11 is 0. The van der Waals surface area contributed by atoms with Crippen molar-refractivity contribution in [2.75, 3.05) is 25.5 Å². The Morgan fingerprint density at radius 3 is 2.52 bits per heavy atom. The van der Waals surface area contributed by atoms with Gasteiger partial charge in [-0.15, -0.1) is 12.4 Å². The van der Waals surface area contributed by atoms with Crippen LogP contribution >= 0.6 is 12.4 Å². The maximum atomic E-state index is 12.5. The molecule has 1 saturated heterocycles. The summed E-state index contributed by atoms with van der Waals surface area (Å²) < 4.78 is 5.10. The van der Waals surface area contributed by atoms with Crippen molar-refractivity contribution in [3.8, 4) is 5.75 Å². The fraction of sp³-hybridized carbons (Fsp3) is 0.300. The Hall–Kier alpha value is -2.57. The molecular weight excluding hydrogens is 366 g/mol. The molecule has 0 aliphatic carbocycles. The molecule has 1 aliphatic rings. The first kappa shape index (κ1) is 20.7. The van der Waals surface area contributed by atoms with Crippen molar-refractivity contribution in [3.05, 3.63) is 59.7 Å². The van der Waals surface area contributed by atoms with E-state index in [-0.39, 0.29) is 24.2 Å². The predicted molar refractivity (Wildman–Crippen MR) is 108 cm³/mol. The number of rotatable bonds is 6. The first-order valence-electron chi connectivity index (χ1n) is 8.73. The van der Waals surface area contributed by atoms with Gasteiger partial charge in [-0.25, -0.2) is 0 Å². The van der Waals surface area contributed by atoms with Crippen molar-refractivity contribution in [3.63, 3.8) is 0 Å². The van der Waals surface area contributed by atoms with Gasteiger partial charge in [-0.3, -0.25) is 9.59 Å². The number of benzene rings is 2. The van der Waals surface area contributed by atoms with Crippen LogP contribution in [0.4, 0.5) is 5.69 Å². The molecule has 7 heteroatoms. The van der Waals surface area contributed by atoms with Crippen LogP contribution in [0.15, 0.2) is 48.5 Å². The third-order valence-electron chi connectivity index (χ3n) is 4.44. The summed E-state index contributed by atoms with van der Waals surface area (Å²) in [5.74, 6) is 0.219. The van der Waals surface area contributed by atoms with Gasteiger partial charge in [0.05, 0.1) is 18.4 Å². The van der Waals surface area contributed by atoms with Crippen LogP contribution in [0, 0.1) is 0 Å². The SMILES string of the molecule is COc1ccc(C(=O)Nc2ccccc2C(=O)NCC2CCCN2)cc1.Cl. The molecule has 1 heterocycles. The van der Waals surface area contributed by atoms with Gasteiger partial charge in [-0.2, -0.15) is 0 Å². The van der Waals surface area contributed by atoms with E-state index in [4.69, 9.17) is 4.74 Å². The number of para-hydroxylation sites is 1. The number of carbonyl (C=O) groups is 2. The fourth-order valence-corrected chi connectivity index (χ4v) is 2.97. The number of hydrogen-bond donors (Lipinski definition) is 3. The molecule has 144 valence electrons. The second kappa shape index (κ2) is 9.94. The van der Waals surface area contributed by atoms with Gasteiger partial charge in [0.1, 0.15) is 5.75 Å². The summed E-state index contributed by atoms with van der Waals surface area (Å²) in [5, 5.41) is 9.10. The third kappa shape index (κ3) is 5.45. The zero-order valence-corrected chi connectivity index (χ0v) is 16.0. The maximum absolute atomic E-state index is 12.5. The van der Waals surface area contributed by atoms with Crippen LogP contribution in [0.3, 0.4) is 0 Å². The van der Waals surface area contributed by atoms with Gasteiger partial charge in [0, 0.05) is 18.2 Å². The highest BCUT2D eigenvalue weighted by Gasteiger charge is 2.17. The number of anilines is 1. The summed E-state index contributed by atoms with van der Waals surface area (Å²) in [6, 6.07) is 14.1. The summed E-state index contributed by atoms with van der Waals surface area (Å²) in [6.07, 6.45) is 2.20. The van der Waals surface area contributed by atoms with Crippen LogP contribution in [0.5, 0.6) is 5.75 Å². The van der Waals surface area contributed by atoms with Gasteiger partial charge in [0.25, 0.3) is 11.8 Å². The molecule has 1 unspecified atom stereocenters. The third-order valence-corrected chi connectivity index (χ3v) is 4.44. The van der Waals surface area contributed by atoms with Gasteiger partial charge >= 0.3 is 0 Å². The molecule has 3 N–H and O–H groups in total. The van der Waals surface area contributed by atoms with E-state index in [9.17, 15) is 9.59 Å². The average molecular weight is 390 g/mol. The van der Waals surface area contributed by atoms with E-state index < -0.39 is 0 Å². The quantitative estimate of drug-likeness (QED) is 0.709. The lowest BCUT2D eigenvalue weighted by molar-refractivity contribution is 0.0951. The number of halogens is 1. The van der Waals surface area contributed by atoms with E-state index in [2.05, 4.69) is 16.0 Å². The summed E-state index contributed by atoms with van der Waals surface area (Å²) in [5.41, 5.74) is 1.44. The predicted octanol–water partition coefficient (Wildman–Crippen LogP) is 2.85. The minimum Gasteiger partial charge on any atom is -0.497 e. The molecule has 0 radical (unpaired) electrons. The molecule has 27 heavy (non-hydrogen) atoms. The molecule has 2 aromatic carbocycles. The highest BCUT2D eigenvalue weighted by molar-refractivity contribution is 6.09. The largest absolute Gasteiger partial charge is 0.497 e. The molecule has 0 saturated carbocycles. The minimum atomic E-state index is -0.273. The topological polar surface area (TPSA) is 79.5 Å². The van der Waals surface area contributed by atoms with Crippen molar-refractivity contribution in [1.82, 2.24) is 10.6 Å². The van der Waals surface area contributed by atoms with Gasteiger partial charge < -0.3 is 20.7 Å². The highest BCUT2D eigenvalue weighted by atomic mass is 35.5. The number of amides is 2. The Labute approximate surface area is 165 Å². The van der Waals surface area contributed by atoms with E-state index in [0.717, 1.165) is 19.4 Å². The van der Waals surface area contributed by atoms with Gasteiger partial charge in [0.2, 0.25) is 0 Å². The first-order valence-corrected chi connectivity index (χ1v) is 8.73. The smallest absolute Gasteiger partial charge is 0.255 e. The lowest BCUT2D eigenvalue weighted by Crippen LogP contribution is -2.37. The molecule has 2 aromatic rings. The Morgan fingerprint density at radius 1 is 1.11 bits per heavy atom. The molecule has 0 aromatic heterocycles. The van der Waals surface area contributed by atoms with Crippen LogP contribution in [0.25, 0.3) is 0 Å². The Bertz CT molecular complexity index is 774. The monoisotopic (exact) mass is 389 g/mol. The second-order valence-corrected chi connectivity index (χ2v) is 6.23. The van der Waals surface area contributed by atoms with Gasteiger partial charge in [-0.1, -0.05) is 12.1 Å². The van der Waals surface area contributed by atoms with Crippen LogP contribution < -0.4 is 20.7 Å². The van der Waals surface area contributed by atoms with Crippen LogP contribution in [0.2, 0.25) is 0 Å². The van der Waals surface area contributed by atoms with Gasteiger partial charge in [-0.05, 0) is 55.8 Å². The summed E-state index contributed by atoms with van der Waals surface area (Å²) in [7, 11) is 1.57. The van der Waals surface area contributed by atoms with E-state index in [0.29, 0.717) is 35.2 Å². The zero-order valence-electron chi connectivity index (χ0n) is 15.2. The molecule has 1 aliphatic heterocycles. The number of nitrogens with one attached hydrogen (secondary N) is 3. The molecule has 1 atom stereocenters. The lowest BCUT2D eigenvalue weighted by atomic mass is 10.1. The number of ether oxygens (including phenoxy) is 1. The van der Waals surface area contributed by atoms with Crippen LogP contribution in [-0.4, -0.2) is 38.1 Å². The molecule has 2 amide bonds. The molecule has 1 fully saturated rings. The molecule has 3 rings (SSSR count). The summed E-state index contributed by atoms with van der Waals surface area (Å²) in [6.45, 7) is 1.58. The molecule has 0 bridgehead atoms. The van der Waals surface area contributed by atoms with E-state index in [1.807, 2.05) is 0 Å². The van der Waals surface area contributed by atoms with Crippen LogP contribution in [-0.2, 0) is 0 Å². The normalized spacial score (nSPS) is 15.5. The van der Waals surface area contributed by atoms with E-state index >= 15 is 0 Å². The van der Waals surface area contributed by atoms with Crippen molar-refractivity contribution in [1.29, 1.82) is 0 Å². The first-order chi connectivity index (χ1) is 12.7. The van der Waals surface area contributed by atoms with Gasteiger partial charge in [0.15, 0.2) is 0 Å². The molecular formula is C20H24ClN3O3. The summed E-state index contributed by atoms with van der Waals surface area (Å²) in [4.78, 5) is 25.0.